The molecular formula is C14H9ClFNO. The Bertz CT molecular complexity index is 607. The number of benzene rings is 2. The van der Waals surface area contributed by atoms with Crippen LogP contribution in [0.2, 0.25) is 5.02 Å². The molecule has 0 heterocycles. The number of hydrogen-bond acceptors (Lipinski definition) is 2. The zero-order chi connectivity index (χ0) is 13.0. The van der Waals surface area contributed by atoms with E-state index in [4.69, 9.17) is 21.6 Å². The van der Waals surface area contributed by atoms with E-state index in [1.165, 1.54) is 6.07 Å². The summed E-state index contributed by atoms with van der Waals surface area (Å²) in [5.74, 6) is -0.0216. The highest BCUT2D eigenvalue weighted by molar-refractivity contribution is 6.31. The van der Waals surface area contributed by atoms with E-state index in [0.29, 0.717) is 16.9 Å². The molecule has 0 bridgehead atoms. The molecule has 4 heteroatoms. The van der Waals surface area contributed by atoms with Crippen LogP contribution < -0.4 is 4.74 Å². The van der Waals surface area contributed by atoms with Gasteiger partial charge in [0.2, 0.25) is 0 Å². The predicted molar refractivity (Wildman–Crippen MR) is 66.9 cm³/mol. The summed E-state index contributed by atoms with van der Waals surface area (Å²) in [5.41, 5.74) is 0.981. The third-order valence-corrected chi connectivity index (χ3v) is 2.85. The maximum absolute atomic E-state index is 13.2. The molecule has 90 valence electrons. The van der Waals surface area contributed by atoms with Crippen LogP contribution in [0.4, 0.5) is 4.39 Å². The molecule has 0 fully saturated rings. The summed E-state index contributed by atoms with van der Waals surface area (Å²) >= 11 is 5.81. The molecule has 2 aromatic carbocycles. The normalized spacial score (nSPS) is 9.83. The van der Waals surface area contributed by atoms with Gasteiger partial charge >= 0.3 is 0 Å². The fraction of sp³-hybridized carbons (Fsp3) is 0.0714. The van der Waals surface area contributed by atoms with Crippen LogP contribution in [-0.2, 0) is 6.61 Å². The van der Waals surface area contributed by atoms with Crippen LogP contribution in [0.3, 0.4) is 0 Å². The van der Waals surface area contributed by atoms with Crippen molar-refractivity contribution in [3.63, 3.8) is 0 Å². The second-order valence-electron chi connectivity index (χ2n) is 3.61. The smallest absolute Gasteiger partial charge is 0.142 e. The van der Waals surface area contributed by atoms with Crippen molar-refractivity contribution in [2.24, 2.45) is 0 Å². The molecule has 2 rings (SSSR count). The number of nitrogens with zero attached hydrogens (tertiary/aromatic N) is 1. The standard InChI is InChI=1S/C14H9ClFNO/c15-14-11(5-3-6-12(14)16)9-18-13-7-2-1-4-10(13)8-17/h1-7H,9H2. The molecule has 0 aliphatic heterocycles. The maximum Gasteiger partial charge on any atom is 0.142 e. The maximum atomic E-state index is 13.2. The Balaban J connectivity index is 2.17. The van der Waals surface area contributed by atoms with Gasteiger partial charge in [0.15, 0.2) is 0 Å². The Labute approximate surface area is 109 Å². The van der Waals surface area contributed by atoms with E-state index in [1.54, 1.807) is 36.4 Å². The largest absolute Gasteiger partial charge is 0.487 e. The highest BCUT2D eigenvalue weighted by Crippen LogP contribution is 2.23. The second-order valence-corrected chi connectivity index (χ2v) is 3.99. The van der Waals surface area contributed by atoms with Crippen molar-refractivity contribution in [3.05, 3.63) is 64.4 Å². The minimum absolute atomic E-state index is 0.0481. The molecule has 0 saturated carbocycles. The molecule has 0 amide bonds. The first-order valence-electron chi connectivity index (χ1n) is 5.27. The van der Waals surface area contributed by atoms with Gasteiger partial charge in [-0.2, -0.15) is 5.26 Å². The lowest BCUT2D eigenvalue weighted by molar-refractivity contribution is 0.305. The fourth-order valence-electron chi connectivity index (χ4n) is 1.50. The zero-order valence-corrected chi connectivity index (χ0v) is 10.1. The Morgan fingerprint density at radius 2 is 1.94 bits per heavy atom. The quantitative estimate of drug-likeness (QED) is 0.839. The lowest BCUT2D eigenvalue weighted by Crippen LogP contribution is -1.98. The summed E-state index contributed by atoms with van der Waals surface area (Å²) in [6.45, 7) is 0.120. The Kier molecular flexibility index (Phi) is 3.81. The molecule has 0 unspecified atom stereocenters. The summed E-state index contributed by atoms with van der Waals surface area (Å²) in [5, 5.41) is 8.95. The first kappa shape index (κ1) is 12.4. The van der Waals surface area contributed by atoms with Gasteiger partial charge in [0, 0.05) is 5.56 Å². The molecule has 0 aliphatic carbocycles. The van der Waals surface area contributed by atoms with Crippen LogP contribution in [-0.4, -0.2) is 0 Å². The van der Waals surface area contributed by atoms with Crippen LogP contribution in [0.25, 0.3) is 0 Å². The van der Waals surface area contributed by atoms with Gasteiger partial charge in [-0.1, -0.05) is 35.9 Å². The topological polar surface area (TPSA) is 33.0 Å². The molecule has 2 aromatic rings. The van der Waals surface area contributed by atoms with Crippen molar-refractivity contribution in [1.82, 2.24) is 0 Å². The molecule has 0 spiro atoms. The Hall–Kier alpha value is -2.05. The average Bonchev–Trinajstić information content (AvgIpc) is 2.41. The van der Waals surface area contributed by atoms with Crippen LogP contribution in [0.5, 0.6) is 5.75 Å². The van der Waals surface area contributed by atoms with E-state index in [1.807, 2.05) is 6.07 Å². The number of rotatable bonds is 3. The lowest BCUT2D eigenvalue weighted by Gasteiger charge is -2.09. The van der Waals surface area contributed by atoms with E-state index < -0.39 is 5.82 Å². The highest BCUT2D eigenvalue weighted by Gasteiger charge is 2.07. The van der Waals surface area contributed by atoms with Crippen molar-refractivity contribution in [3.8, 4) is 11.8 Å². The zero-order valence-electron chi connectivity index (χ0n) is 9.36. The number of nitriles is 1. The van der Waals surface area contributed by atoms with Gasteiger partial charge in [0.25, 0.3) is 0 Å². The van der Waals surface area contributed by atoms with E-state index >= 15 is 0 Å². The highest BCUT2D eigenvalue weighted by atomic mass is 35.5. The lowest BCUT2D eigenvalue weighted by atomic mass is 10.2. The molecule has 0 saturated heterocycles. The first-order chi connectivity index (χ1) is 8.72. The first-order valence-corrected chi connectivity index (χ1v) is 5.65. The van der Waals surface area contributed by atoms with Crippen molar-refractivity contribution in [1.29, 1.82) is 5.26 Å². The SMILES string of the molecule is N#Cc1ccccc1OCc1cccc(F)c1Cl. The number of para-hydroxylation sites is 1. The predicted octanol–water partition coefficient (Wildman–Crippen LogP) is 3.93. The number of ether oxygens (including phenoxy) is 1. The van der Waals surface area contributed by atoms with Gasteiger partial charge in [-0.05, 0) is 18.2 Å². The van der Waals surface area contributed by atoms with Gasteiger partial charge in [0.1, 0.15) is 24.2 Å². The summed E-state index contributed by atoms with van der Waals surface area (Å²) in [6, 6.07) is 13.4. The Morgan fingerprint density at radius 1 is 1.17 bits per heavy atom. The van der Waals surface area contributed by atoms with Gasteiger partial charge in [-0.25, -0.2) is 4.39 Å². The second kappa shape index (κ2) is 5.52. The molecule has 18 heavy (non-hydrogen) atoms. The summed E-state index contributed by atoms with van der Waals surface area (Å²) in [4.78, 5) is 0. The van der Waals surface area contributed by atoms with Gasteiger partial charge in [-0.15, -0.1) is 0 Å². The van der Waals surface area contributed by atoms with Crippen LogP contribution in [0.1, 0.15) is 11.1 Å². The third kappa shape index (κ3) is 2.61. The molecule has 0 aromatic heterocycles. The summed E-state index contributed by atoms with van der Waals surface area (Å²) in [6.07, 6.45) is 0. The Morgan fingerprint density at radius 3 is 2.72 bits per heavy atom. The van der Waals surface area contributed by atoms with E-state index in [2.05, 4.69) is 0 Å². The van der Waals surface area contributed by atoms with E-state index in [-0.39, 0.29) is 11.6 Å². The van der Waals surface area contributed by atoms with Crippen molar-refractivity contribution < 1.29 is 9.13 Å². The monoisotopic (exact) mass is 261 g/mol. The van der Waals surface area contributed by atoms with E-state index in [0.717, 1.165) is 0 Å². The minimum atomic E-state index is -0.480. The molecule has 0 aliphatic rings. The third-order valence-electron chi connectivity index (χ3n) is 2.42. The van der Waals surface area contributed by atoms with Crippen molar-refractivity contribution >= 4 is 11.6 Å². The van der Waals surface area contributed by atoms with Gasteiger partial charge < -0.3 is 4.74 Å². The molecule has 0 radical (unpaired) electrons. The van der Waals surface area contributed by atoms with Crippen LogP contribution in [0.15, 0.2) is 42.5 Å². The molecule has 0 atom stereocenters. The van der Waals surface area contributed by atoms with Crippen molar-refractivity contribution in [2.75, 3.05) is 0 Å². The number of halogens is 2. The van der Waals surface area contributed by atoms with E-state index in [9.17, 15) is 4.39 Å². The molecule has 2 nitrogen and oxygen atoms in total. The fourth-order valence-corrected chi connectivity index (χ4v) is 1.68. The van der Waals surface area contributed by atoms with Gasteiger partial charge in [-0.3, -0.25) is 0 Å². The summed E-state index contributed by atoms with van der Waals surface area (Å²) in [7, 11) is 0. The molecular weight excluding hydrogens is 253 g/mol. The van der Waals surface area contributed by atoms with Crippen LogP contribution >= 0.6 is 11.6 Å². The molecule has 0 N–H and O–H groups in total. The summed E-state index contributed by atoms with van der Waals surface area (Å²) < 4.78 is 18.7. The van der Waals surface area contributed by atoms with Crippen LogP contribution in [0, 0.1) is 17.1 Å². The van der Waals surface area contributed by atoms with Gasteiger partial charge in [0.05, 0.1) is 10.6 Å². The average molecular weight is 262 g/mol. The van der Waals surface area contributed by atoms with Crippen molar-refractivity contribution in [2.45, 2.75) is 6.61 Å². The minimum Gasteiger partial charge on any atom is -0.487 e. The number of hydrogen-bond donors (Lipinski definition) is 0.